The number of nitrogens with one attached hydrogen (secondary N) is 1. The minimum absolute atomic E-state index is 0.363. The molecular formula is C16H15F2NO3. The lowest BCUT2D eigenvalue weighted by Gasteiger charge is -2.17. The van der Waals surface area contributed by atoms with Crippen LogP contribution in [0.4, 0.5) is 14.5 Å². The molecule has 0 heterocycles. The number of carbonyl (C=O) groups excluding carboxylic acids is 1. The molecule has 0 aliphatic carbocycles. The topological polar surface area (TPSA) is 47.6 Å². The molecule has 116 valence electrons. The standard InChI is InChI=1S/C16H15F2NO3/c1-10(22-14-9-4-3-8-13(14)21-2)16(20)19-15-11(17)6-5-7-12(15)18/h3-10H,1-2H3,(H,19,20)/t10-/m1/s1. The van der Waals surface area contributed by atoms with E-state index in [1.807, 2.05) is 0 Å². The summed E-state index contributed by atoms with van der Waals surface area (Å²) in [5, 5.41) is 2.18. The van der Waals surface area contributed by atoms with E-state index >= 15 is 0 Å². The van der Waals surface area contributed by atoms with Crippen molar-refractivity contribution < 1.29 is 23.0 Å². The minimum Gasteiger partial charge on any atom is -0.493 e. The average Bonchev–Trinajstić information content (AvgIpc) is 2.51. The summed E-state index contributed by atoms with van der Waals surface area (Å²) in [6, 6.07) is 10.1. The zero-order valence-corrected chi connectivity index (χ0v) is 12.1. The maximum absolute atomic E-state index is 13.5. The summed E-state index contributed by atoms with van der Waals surface area (Å²) in [7, 11) is 1.47. The monoisotopic (exact) mass is 307 g/mol. The number of amides is 1. The van der Waals surface area contributed by atoms with Crippen LogP contribution in [0.5, 0.6) is 11.5 Å². The molecule has 0 unspecified atom stereocenters. The highest BCUT2D eigenvalue weighted by molar-refractivity contribution is 5.94. The van der Waals surface area contributed by atoms with E-state index in [9.17, 15) is 13.6 Å². The van der Waals surface area contributed by atoms with Gasteiger partial charge in [0.25, 0.3) is 5.91 Å². The Bertz CT molecular complexity index is 656. The normalized spacial score (nSPS) is 11.6. The molecular weight excluding hydrogens is 292 g/mol. The highest BCUT2D eigenvalue weighted by Crippen LogP contribution is 2.27. The van der Waals surface area contributed by atoms with Gasteiger partial charge in [0.2, 0.25) is 0 Å². The third-order valence-corrected chi connectivity index (χ3v) is 2.95. The number of halogens is 2. The van der Waals surface area contributed by atoms with Crippen LogP contribution in [0, 0.1) is 11.6 Å². The molecule has 0 saturated carbocycles. The van der Waals surface area contributed by atoms with E-state index in [-0.39, 0.29) is 0 Å². The fourth-order valence-electron chi connectivity index (χ4n) is 1.80. The largest absolute Gasteiger partial charge is 0.493 e. The van der Waals surface area contributed by atoms with E-state index in [4.69, 9.17) is 9.47 Å². The Labute approximate surface area is 126 Å². The number of hydrogen-bond donors (Lipinski definition) is 1. The van der Waals surface area contributed by atoms with Crippen molar-refractivity contribution in [2.75, 3.05) is 12.4 Å². The first kappa shape index (κ1) is 15.8. The van der Waals surface area contributed by atoms with Gasteiger partial charge in [-0.3, -0.25) is 4.79 Å². The number of carbonyl (C=O) groups is 1. The van der Waals surface area contributed by atoms with Crippen molar-refractivity contribution >= 4 is 11.6 Å². The highest BCUT2D eigenvalue weighted by Gasteiger charge is 2.19. The van der Waals surface area contributed by atoms with Crippen molar-refractivity contribution in [1.82, 2.24) is 0 Å². The number of benzene rings is 2. The number of rotatable bonds is 5. The van der Waals surface area contributed by atoms with Gasteiger partial charge >= 0.3 is 0 Å². The van der Waals surface area contributed by atoms with Crippen molar-refractivity contribution in [2.45, 2.75) is 13.0 Å². The molecule has 2 aromatic carbocycles. The second-order valence-corrected chi connectivity index (χ2v) is 4.50. The third-order valence-electron chi connectivity index (χ3n) is 2.95. The lowest BCUT2D eigenvalue weighted by Crippen LogP contribution is -2.31. The number of methoxy groups -OCH3 is 1. The number of hydrogen-bond acceptors (Lipinski definition) is 3. The van der Waals surface area contributed by atoms with Crippen molar-refractivity contribution in [2.24, 2.45) is 0 Å². The fourth-order valence-corrected chi connectivity index (χ4v) is 1.80. The summed E-state index contributed by atoms with van der Waals surface area (Å²) < 4.78 is 37.6. The first-order chi connectivity index (χ1) is 10.5. The molecule has 6 heteroatoms. The molecule has 1 atom stereocenters. The summed E-state index contributed by atoms with van der Waals surface area (Å²) in [5.41, 5.74) is -0.497. The maximum atomic E-state index is 13.5. The third kappa shape index (κ3) is 3.52. The van der Waals surface area contributed by atoms with E-state index in [2.05, 4.69) is 5.32 Å². The second kappa shape index (κ2) is 6.89. The molecule has 0 saturated heterocycles. The predicted octanol–water partition coefficient (Wildman–Crippen LogP) is 3.38. The molecule has 22 heavy (non-hydrogen) atoms. The average molecular weight is 307 g/mol. The van der Waals surface area contributed by atoms with Crippen LogP contribution < -0.4 is 14.8 Å². The van der Waals surface area contributed by atoms with Gasteiger partial charge < -0.3 is 14.8 Å². The van der Waals surface area contributed by atoms with Crippen LogP contribution in [0.25, 0.3) is 0 Å². The van der Waals surface area contributed by atoms with Crippen molar-refractivity contribution in [3.05, 3.63) is 54.1 Å². The van der Waals surface area contributed by atoms with Crippen LogP contribution in [-0.2, 0) is 4.79 Å². The Morgan fingerprint density at radius 1 is 1.05 bits per heavy atom. The van der Waals surface area contributed by atoms with E-state index in [0.29, 0.717) is 11.5 Å². The van der Waals surface area contributed by atoms with E-state index < -0.39 is 29.3 Å². The molecule has 0 aromatic heterocycles. The number of para-hydroxylation sites is 3. The summed E-state index contributed by atoms with van der Waals surface area (Å²) in [6.45, 7) is 1.47. The maximum Gasteiger partial charge on any atom is 0.265 e. The number of ether oxygens (including phenoxy) is 2. The van der Waals surface area contributed by atoms with Gasteiger partial charge in [0.15, 0.2) is 17.6 Å². The molecule has 4 nitrogen and oxygen atoms in total. The Kier molecular flexibility index (Phi) is 4.93. The van der Waals surface area contributed by atoms with Gasteiger partial charge in [-0.15, -0.1) is 0 Å². The van der Waals surface area contributed by atoms with Crippen molar-refractivity contribution in [3.63, 3.8) is 0 Å². The lowest BCUT2D eigenvalue weighted by atomic mass is 10.2. The molecule has 0 aliphatic rings. The summed E-state index contributed by atoms with van der Waals surface area (Å²) >= 11 is 0. The quantitative estimate of drug-likeness (QED) is 0.921. The lowest BCUT2D eigenvalue weighted by molar-refractivity contribution is -0.122. The van der Waals surface area contributed by atoms with Gasteiger partial charge in [0, 0.05) is 0 Å². The summed E-state index contributed by atoms with van der Waals surface area (Å²) in [6.07, 6.45) is -0.963. The smallest absolute Gasteiger partial charge is 0.265 e. The Morgan fingerprint density at radius 3 is 2.23 bits per heavy atom. The molecule has 0 spiro atoms. The van der Waals surface area contributed by atoms with Crippen LogP contribution in [0.15, 0.2) is 42.5 Å². The first-order valence-corrected chi connectivity index (χ1v) is 6.57. The Morgan fingerprint density at radius 2 is 1.64 bits per heavy atom. The minimum atomic E-state index is -0.963. The molecule has 1 N–H and O–H groups in total. The van der Waals surface area contributed by atoms with Crippen LogP contribution in [0.2, 0.25) is 0 Å². The Balaban J connectivity index is 2.10. The molecule has 1 amide bonds. The molecule has 0 aliphatic heterocycles. The highest BCUT2D eigenvalue weighted by atomic mass is 19.1. The van der Waals surface area contributed by atoms with E-state index in [1.165, 1.54) is 20.1 Å². The fraction of sp³-hybridized carbons (Fsp3) is 0.188. The molecule has 0 fully saturated rings. The van der Waals surface area contributed by atoms with Crippen LogP contribution in [0.1, 0.15) is 6.92 Å². The zero-order valence-electron chi connectivity index (χ0n) is 12.1. The van der Waals surface area contributed by atoms with Crippen LogP contribution in [0.3, 0.4) is 0 Å². The van der Waals surface area contributed by atoms with E-state index in [0.717, 1.165) is 12.1 Å². The molecule has 2 aromatic rings. The Hall–Kier alpha value is -2.63. The molecule has 2 rings (SSSR count). The zero-order chi connectivity index (χ0) is 16.1. The molecule has 0 radical (unpaired) electrons. The van der Waals surface area contributed by atoms with Crippen molar-refractivity contribution in [1.29, 1.82) is 0 Å². The molecule has 0 bridgehead atoms. The van der Waals surface area contributed by atoms with Crippen LogP contribution in [-0.4, -0.2) is 19.1 Å². The first-order valence-electron chi connectivity index (χ1n) is 6.57. The second-order valence-electron chi connectivity index (χ2n) is 4.50. The van der Waals surface area contributed by atoms with Crippen molar-refractivity contribution in [3.8, 4) is 11.5 Å². The van der Waals surface area contributed by atoms with Gasteiger partial charge in [-0.2, -0.15) is 0 Å². The number of anilines is 1. The van der Waals surface area contributed by atoms with Gasteiger partial charge in [-0.1, -0.05) is 18.2 Å². The summed E-state index contributed by atoms with van der Waals surface area (Å²) in [4.78, 5) is 12.0. The van der Waals surface area contributed by atoms with Gasteiger partial charge in [-0.25, -0.2) is 8.78 Å². The van der Waals surface area contributed by atoms with Gasteiger partial charge in [0.05, 0.1) is 7.11 Å². The SMILES string of the molecule is COc1ccccc1O[C@H](C)C(=O)Nc1c(F)cccc1F. The predicted molar refractivity (Wildman–Crippen MR) is 78.1 cm³/mol. The van der Waals surface area contributed by atoms with E-state index in [1.54, 1.807) is 24.3 Å². The van der Waals surface area contributed by atoms with Gasteiger partial charge in [-0.05, 0) is 31.2 Å². The van der Waals surface area contributed by atoms with Crippen LogP contribution >= 0.6 is 0 Å². The summed E-state index contributed by atoms with van der Waals surface area (Å²) in [5.74, 6) is -1.55. The van der Waals surface area contributed by atoms with Gasteiger partial charge in [0.1, 0.15) is 17.3 Å².